The van der Waals surface area contributed by atoms with Gasteiger partial charge in [0, 0.05) is 18.4 Å². The van der Waals surface area contributed by atoms with E-state index in [1.54, 1.807) is 6.07 Å². The quantitative estimate of drug-likeness (QED) is 0.938. The Morgan fingerprint density at radius 1 is 1.24 bits per heavy atom. The summed E-state index contributed by atoms with van der Waals surface area (Å²) in [5.41, 5.74) is 4.50. The van der Waals surface area contributed by atoms with Crippen molar-refractivity contribution in [3.8, 4) is 0 Å². The van der Waals surface area contributed by atoms with Crippen LogP contribution in [0.4, 0.5) is 11.5 Å². The molecule has 0 saturated carbocycles. The van der Waals surface area contributed by atoms with Crippen LogP contribution in [0.5, 0.6) is 0 Å². The molecule has 1 aromatic heterocycles. The monoisotopic (exact) mass is 282 g/mol. The van der Waals surface area contributed by atoms with E-state index >= 15 is 0 Å². The number of carboxylic acid groups (broad SMARTS) is 1. The van der Waals surface area contributed by atoms with Crippen LogP contribution in [-0.4, -0.2) is 23.1 Å². The van der Waals surface area contributed by atoms with Crippen LogP contribution in [0.15, 0.2) is 30.3 Å². The average Bonchev–Trinajstić information content (AvgIpc) is 2.93. The molecule has 2 aromatic rings. The minimum Gasteiger partial charge on any atom is -0.478 e. The standard InChI is InChI=1S/C17H18N2O2/c1-11-6-8-13(9-7-11)19(2)16-14(17(20)21)10-12-4-3-5-15(12)18-16/h6-10H,3-5H2,1-2H3,(H,20,21). The van der Waals surface area contributed by atoms with E-state index < -0.39 is 5.97 Å². The fourth-order valence-electron chi connectivity index (χ4n) is 2.76. The van der Waals surface area contributed by atoms with Crippen LogP contribution in [0, 0.1) is 6.92 Å². The Hall–Kier alpha value is -2.36. The van der Waals surface area contributed by atoms with Gasteiger partial charge in [0.15, 0.2) is 0 Å². The fourth-order valence-corrected chi connectivity index (χ4v) is 2.76. The maximum absolute atomic E-state index is 11.5. The summed E-state index contributed by atoms with van der Waals surface area (Å²) in [7, 11) is 1.86. The second kappa shape index (κ2) is 5.20. The number of carboxylic acids is 1. The molecule has 1 heterocycles. The molecule has 1 aromatic carbocycles. The first-order valence-electron chi connectivity index (χ1n) is 7.13. The molecule has 0 spiro atoms. The van der Waals surface area contributed by atoms with Crippen LogP contribution < -0.4 is 4.90 Å². The molecule has 0 bridgehead atoms. The number of carbonyl (C=O) groups is 1. The van der Waals surface area contributed by atoms with Gasteiger partial charge in [-0.3, -0.25) is 0 Å². The summed E-state index contributed by atoms with van der Waals surface area (Å²) >= 11 is 0. The second-order valence-electron chi connectivity index (χ2n) is 5.52. The number of aryl methyl sites for hydroxylation is 3. The first kappa shape index (κ1) is 13.6. The zero-order chi connectivity index (χ0) is 15.0. The third kappa shape index (κ3) is 2.49. The van der Waals surface area contributed by atoms with Gasteiger partial charge in [0.05, 0.1) is 0 Å². The first-order chi connectivity index (χ1) is 10.1. The highest BCUT2D eigenvalue weighted by Gasteiger charge is 2.22. The van der Waals surface area contributed by atoms with Crippen LogP contribution in [0.2, 0.25) is 0 Å². The number of hydrogen-bond acceptors (Lipinski definition) is 3. The lowest BCUT2D eigenvalue weighted by molar-refractivity contribution is 0.0697. The number of benzene rings is 1. The molecular weight excluding hydrogens is 264 g/mol. The van der Waals surface area contributed by atoms with Crippen molar-refractivity contribution in [2.24, 2.45) is 0 Å². The average molecular weight is 282 g/mol. The minimum atomic E-state index is -0.925. The molecule has 0 unspecified atom stereocenters. The lowest BCUT2D eigenvalue weighted by Crippen LogP contribution is -2.17. The Bertz CT molecular complexity index is 693. The number of aromatic nitrogens is 1. The summed E-state index contributed by atoms with van der Waals surface area (Å²) in [6, 6.07) is 9.78. The molecule has 0 aliphatic heterocycles. The molecule has 0 fully saturated rings. The fraction of sp³-hybridized carbons (Fsp3) is 0.294. The van der Waals surface area contributed by atoms with Crippen molar-refractivity contribution in [2.75, 3.05) is 11.9 Å². The minimum absolute atomic E-state index is 0.277. The third-order valence-electron chi connectivity index (χ3n) is 4.00. The zero-order valence-electron chi connectivity index (χ0n) is 12.3. The normalized spacial score (nSPS) is 13.0. The highest BCUT2D eigenvalue weighted by atomic mass is 16.4. The number of hydrogen-bond donors (Lipinski definition) is 1. The molecule has 0 saturated heterocycles. The summed E-state index contributed by atoms with van der Waals surface area (Å²) in [5.74, 6) is -0.404. The van der Waals surface area contributed by atoms with Crippen molar-refractivity contribution < 1.29 is 9.90 Å². The van der Waals surface area contributed by atoms with Gasteiger partial charge in [0.1, 0.15) is 11.4 Å². The Morgan fingerprint density at radius 3 is 2.62 bits per heavy atom. The smallest absolute Gasteiger partial charge is 0.339 e. The van der Waals surface area contributed by atoms with Crippen molar-refractivity contribution in [3.05, 3.63) is 52.7 Å². The van der Waals surface area contributed by atoms with Crippen LogP contribution in [0.25, 0.3) is 0 Å². The van der Waals surface area contributed by atoms with E-state index in [0.717, 1.165) is 36.2 Å². The molecule has 0 radical (unpaired) electrons. The van der Waals surface area contributed by atoms with Crippen LogP contribution in [0.3, 0.4) is 0 Å². The Labute approximate surface area is 124 Å². The predicted octanol–water partition coefficient (Wildman–Crippen LogP) is 3.34. The SMILES string of the molecule is Cc1ccc(N(C)c2nc3c(cc2C(=O)O)CCC3)cc1. The second-order valence-corrected chi connectivity index (χ2v) is 5.52. The number of anilines is 2. The summed E-state index contributed by atoms with van der Waals surface area (Å²) in [5, 5.41) is 9.47. The van der Waals surface area contributed by atoms with Crippen molar-refractivity contribution in [3.63, 3.8) is 0 Å². The maximum Gasteiger partial charge on any atom is 0.339 e. The van der Waals surface area contributed by atoms with E-state index in [4.69, 9.17) is 0 Å². The lowest BCUT2D eigenvalue weighted by Gasteiger charge is -2.21. The number of aromatic carboxylic acids is 1. The molecule has 1 aliphatic rings. The highest BCUT2D eigenvalue weighted by molar-refractivity contribution is 5.94. The summed E-state index contributed by atoms with van der Waals surface area (Å²) in [6.07, 6.45) is 2.92. The Morgan fingerprint density at radius 2 is 1.95 bits per heavy atom. The summed E-state index contributed by atoms with van der Waals surface area (Å²) in [6.45, 7) is 2.03. The topological polar surface area (TPSA) is 53.4 Å². The van der Waals surface area contributed by atoms with Crippen molar-refractivity contribution in [1.29, 1.82) is 0 Å². The van der Waals surface area contributed by atoms with E-state index in [-0.39, 0.29) is 5.56 Å². The molecule has 3 rings (SSSR count). The van der Waals surface area contributed by atoms with Gasteiger partial charge in [-0.05, 0) is 49.9 Å². The van der Waals surface area contributed by atoms with Gasteiger partial charge in [0.2, 0.25) is 0 Å². The molecule has 0 amide bonds. The summed E-state index contributed by atoms with van der Waals surface area (Å²) in [4.78, 5) is 18.0. The van der Waals surface area contributed by atoms with E-state index in [9.17, 15) is 9.90 Å². The van der Waals surface area contributed by atoms with Crippen molar-refractivity contribution >= 4 is 17.5 Å². The third-order valence-corrected chi connectivity index (χ3v) is 4.00. The van der Waals surface area contributed by atoms with Crippen molar-refractivity contribution in [1.82, 2.24) is 4.98 Å². The highest BCUT2D eigenvalue weighted by Crippen LogP contribution is 2.30. The number of rotatable bonds is 3. The number of fused-ring (bicyclic) bond motifs is 1. The first-order valence-corrected chi connectivity index (χ1v) is 7.13. The molecule has 21 heavy (non-hydrogen) atoms. The van der Waals surface area contributed by atoms with Crippen LogP contribution in [-0.2, 0) is 12.8 Å². The zero-order valence-corrected chi connectivity index (χ0v) is 12.3. The van der Waals surface area contributed by atoms with Gasteiger partial charge < -0.3 is 10.0 Å². The van der Waals surface area contributed by atoms with E-state index in [1.807, 2.05) is 43.1 Å². The maximum atomic E-state index is 11.5. The van der Waals surface area contributed by atoms with E-state index in [0.29, 0.717) is 5.82 Å². The van der Waals surface area contributed by atoms with Crippen LogP contribution in [0.1, 0.15) is 33.6 Å². The number of pyridine rings is 1. The van der Waals surface area contributed by atoms with E-state index in [2.05, 4.69) is 4.98 Å². The molecule has 1 N–H and O–H groups in total. The van der Waals surface area contributed by atoms with Crippen LogP contribution >= 0.6 is 0 Å². The lowest BCUT2D eigenvalue weighted by atomic mass is 10.1. The van der Waals surface area contributed by atoms with Gasteiger partial charge in [-0.15, -0.1) is 0 Å². The Kier molecular flexibility index (Phi) is 3.37. The van der Waals surface area contributed by atoms with Gasteiger partial charge in [-0.25, -0.2) is 9.78 Å². The summed E-state index contributed by atoms with van der Waals surface area (Å²) < 4.78 is 0. The molecule has 108 valence electrons. The molecule has 4 nitrogen and oxygen atoms in total. The molecular formula is C17H18N2O2. The molecule has 1 aliphatic carbocycles. The van der Waals surface area contributed by atoms with Gasteiger partial charge >= 0.3 is 5.97 Å². The Balaban J connectivity index is 2.08. The molecule has 4 heteroatoms. The number of nitrogens with zero attached hydrogens (tertiary/aromatic N) is 2. The van der Waals surface area contributed by atoms with Crippen molar-refractivity contribution in [2.45, 2.75) is 26.2 Å². The van der Waals surface area contributed by atoms with Gasteiger partial charge in [-0.1, -0.05) is 17.7 Å². The largest absolute Gasteiger partial charge is 0.478 e. The van der Waals surface area contributed by atoms with Gasteiger partial charge in [-0.2, -0.15) is 0 Å². The van der Waals surface area contributed by atoms with E-state index in [1.165, 1.54) is 5.56 Å². The predicted molar refractivity (Wildman–Crippen MR) is 82.5 cm³/mol. The van der Waals surface area contributed by atoms with Gasteiger partial charge in [0.25, 0.3) is 0 Å². The molecule has 0 atom stereocenters.